The monoisotopic (exact) mass is 355 g/mol. The van der Waals surface area contributed by atoms with Crippen molar-refractivity contribution in [2.24, 2.45) is 0 Å². The van der Waals surface area contributed by atoms with E-state index in [1.54, 1.807) is 0 Å². The number of hydrogen-bond acceptors (Lipinski definition) is 4. The van der Waals surface area contributed by atoms with Gasteiger partial charge in [0.05, 0.1) is 18.8 Å². The Balaban J connectivity index is 1.75. The molecule has 26 heavy (non-hydrogen) atoms. The van der Waals surface area contributed by atoms with Gasteiger partial charge in [-0.05, 0) is 55.2 Å². The van der Waals surface area contributed by atoms with E-state index in [9.17, 15) is 0 Å². The summed E-state index contributed by atoms with van der Waals surface area (Å²) in [7, 11) is 0. The van der Waals surface area contributed by atoms with E-state index in [0.717, 1.165) is 67.6 Å². The molecule has 1 aliphatic heterocycles. The number of aliphatic hydroxyl groups is 1. The van der Waals surface area contributed by atoms with Crippen LogP contribution < -0.4 is 0 Å². The summed E-state index contributed by atoms with van der Waals surface area (Å²) in [6, 6.07) is 6.40. The molecular weight excluding hydrogens is 326 g/mol. The van der Waals surface area contributed by atoms with Crippen molar-refractivity contribution < 1.29 is 9.84 Å². The lowest BCUT2D eigenvalue weighted by molar-refractivity contribution is 0.00370. The Morgan fingerprint density at radius 2 is 2.27 bits per heavy atom. The minimum Gasteiger partial charge on any atom is -0.396 e. The molecule has 0 amide bonds. The quantitative estimate of drug-likeness (QED) is 0.781. The van der Waals surface area contributed by atoms with Crippen molar-refractivity contribution in [2.45, 2.75) is 58.1 Å². The van der Waals surface area contributed by atoms with Crippen LogP contribution in [0.1, 0.15) is 50.2 Å². The van der Waals surface area contributed by atoms with Crippen molar-refractivity contribution in [3.63, 3.8) is 0 Å². The summed E-state index contributed by atoms with van der Waals surface area (Å²) in [5.41, 5.74) is 5.49. The van der Waals surface area contributed by atoms with E-state index in [1.165, 1.54) is 12.0 Å². The van der Waals surface area contributed by atoms with E-state index in [2.05, 4.69) is 42.0 Å². The maximum absolute atomic E-state index is 9.01. The van der Waals surface area contributed by atoms with E-state index in [0.29, 0.717) is 0 Å². The molecule has 0 aliphatic carbocycles. The Morgan fingerprint density at radius 3 is 3.00 bits per heavy atom. The van der Waals surface area contributed by atoms with Crippen LogP contribution in [0.5, 0.6) is 0 Å². The fourth-order valence-corrected chi connectivity index (χ4v) is 3.46. The van der Waals surface area contributed by atoms with Gasteiger partial charge in [0.25, 0.3) is 0 Å². The number of allylic oxidation sites excluding steroid dienone is 1. The summed E-state index contributed by atoms with van der Waals surface area (Å²) in [6.45, 7) is 8.13. The van der Waals surface area contributed by atoms with Crippen molar-refractivity contribution in [2.75, 3.05) is 13.2 Å². The first kappa shape index (κ1) is 18.8. The molecule has 1 unspecified atom stereocenters. The second-order valence-corrected chi connectivity index (χ2v) is 6.97. The summed E-state index contributed by atoms with van der Waals surface area (Å²) < 4.78 is 7.70. The molecular formula is C21H29N3O2. The lowest BCUT2D eigenvalue weighted by Crippen LogP contribution is -2.24. The van der Waals surface area contributed by atoms with Gasteiger partial charge < -0.3 is 9.84 Å². The zero-order valence-electron chi connectivity index (χ0n) is 15.7. The van der Waals surface area contributed by atoms with Crippen LogP contribution in [0.15, 0.2) is 31.0 Å². The molecule has 5 heteroatoms. The fraction of sp³-hybridized carbons (Fsp3) is 0.524. The Morgan fingerprint density at radius 1 is 1.38 bits per heavy atom. The molecule has 1 fully saturated rings. The van der Waals surface area contributed by atoms with E-state index in [-0.39, 0.29) is 12.7 Å². The van der Waals surface area contributed by atoms with Crippen molar-refractivity contribution >= 4 is 5.57 Å². The molecule has 1 atom stereocenters. The largest absolute Gasteiger partial charge is 0.396 e. The number of rotatable bonds is 8. The number of aryl methyl sites for hydroxylation is 1. The highest BCUT2D eigenvalue weighted by Gasteiger charge is 2.16. The Labute approximate surface area is 155 Å². The predicted octanol–water partition coefficient (Wildman–Crippen LogP) is 3.86. The lowest BCUT2D eigenvalue weighted by atomic mass is 9.95. The predicted molar refractivity (Wildman–Crippen MR) is 104 cm³/mol. The summed E-state index contributed by atoms with van der Waals surface area (Å²) in [6.07, 6.45) is 8.25. The third-order valence-electron chi connectivity index (χ3n) is 5.01. The van der Waals surface area contributed by atoms with Gasteiger partial charge in [-0.3, -0.25) is 0 Å². The average molecular weight is 355 g/mol. The van der Waals surface area contributed by atoms with E-state index in [4.69, 9.17) is 9.84 Å². The number of benzene rings is 1. The van der Waals surface area contributed by atoms with Crippen LogP contribution in [0.3, 0.4) is 0 Å². The first-order chi connectivity index (χ1) is 12.7. The van der Waals surface area contributed by atoms with E-state index < -0.39 is 0 Å². The smallest absolute Gasteiger partial charge is 0.113 e. The van der Waals surface area contributed by atoms with Crippen LogP contribution in [0.2, 0.25) is 0 Å². The molecule has 1 aromatic heterocycles. The normalized spacial score (nSPS) is 17.4. The molecule has 3 rings (SSSR count). The van der Waals surface area contributed by atoms with Crippen LogP contribution in [-0.4, -0.2) is 39.4 Å². The van der Waals surface area contributed by atoms with Crippen LogP contribution in [0.25, 0.3) is 16.8 Å². The number of nitrogens with zero attached hydrogens (tertiary/aromatic N) is 3. The van der Waals surface area contributed by atoms with Gasteiger partial charge in [-0.15, -0.1) is 5.10 Å². The molecule has 0 saturated carbocycles. The minimum atomic E-state index is 0.200. The van der Waals surface area contributed by atoms with Crippen LogP contribution >= 0.6 is 0 Å². The summed E-state index contributed by atoms with van der Waals surface area (Å²) in [4.78, 5) is 0. The fourth-order valence-electron chi connectivity index (χ4n) is 3.46. The molecule has 1 saturated heterocycles. The first-order valence-electron chi connectivity index (χ1n) is 9.65. The molecule has 1 aliphatic rings. The second-order valence-electron chi connectivity index (χ2n) is 6.97. The van der Waals surface area contributed by atoms with E-state index >= 15 is 0 Å². The van der Waals surface area contributed by atoms with Gasteiger partial charge in [-0.25, -0.2) is 4.68 Å². The molecule has 1 aromatic carbocycles. The van der Waals surface area contributed by atoms with Gasteiger partial charge in [0, 0.05) is 18.8 Å². The highest BCUT2D eigenvalue weighted by molar-refractivity contribution is 5.70. The summed E-state index contributed by atoms with van der Waals surface area (Å²) in [5.74, 6) is 0. The third-order valence-corrected chi connectivity index (χ3v) is 5.01. The average Bonchev–Trinajstić information content (AvgIpc) is 3.14. The highest BCUT2D eigenvalue weighted by Crippen LogP contribution is 2.27. The van der Waals surface area contributed by atoms with Crippen LogP contribution in [0, 0.1) is 0 Å². The molecule has 2 aromatic rings. The van der Waals surface area contributed by atoms with Gasteiger partial charge >= 0.3 is 0 Å². The van der Waals surface area contributed by atoms with Crippen LogP contribution in [-0.2, 0) is 17.7 Å². The third kappa shape index (κ3) is 4.59. The van der Waals surface area contributed by atoms with Gasteiger partial charge in [0.2, 0.25) is 0 Å². The standard InChI is InChI=1S/C21H29N3O2/c1-3-17-13-18(16(2)7-6-11-25)9-10-20(17)21-15-24(23-22-21)14-19-8-4-5-12-26-19/h9-10,13,15,19,25H,2-8,11-12,14H2,1H3. The van der Waals surface area contributed by atoms with Crippen LogP contribution in [0.4, 0.5) is 0 Å². The Kier molecular flexibility index (Phi) is 6.58. The molecule has 0 bridgehead atoms. The SMILES string of the molecule is C=C(CCCO)c1ccc(-c2cn(CC3CCCCO3)nn2)c(CC)c1. The Bertz CT molecular complexity index is 733. The second kappa shape index (κ2) is 9.10. The van der Waals surface area contributed by atoms with Crippen molar-refractivity contribution in [1.82, 2.24) is 15.0 Å². The maximum Gasteiger partial charge on any atom is 0.113 e. The zero-order valence-corrected chi connectivity index (χ0v) is 15.7. The van der Waals surface area contributed by atoms with Crippen molar-refractivity contribution in [3.05, 3.63) is 42.1 Å². The summed E-state index contributed by atoms with van der Waals surface area (Å²) >= 11 is 0. The lowest BCUT2D eigenvalue weighted by Gasteiger charge is -2.21. The van der Waals surface area contributed by atoms with Crippen molar-refractivity contribution in [1.29, 1.82) is 0 Å². The number of aromatic nitrogens is 3. The number of aliphatic hydroxyl groups excluding tert-OH is 1. The van der Waals surface area contributed by atoms with Crippen molar-refractivity contribution in [3.8, 4) is 11.3 Å². The molecule has 2 heterocycles. The Hall–Kier alpha value is -1.98. The topological polar surface area (TPSA) is 60.2 Å². The number of hydrogen-bond donors (Lipinski definition) is 1. The van der Waals surface area contributed by atoms with Gasteiger partial charge in [0.15, 0.2) is 0 Å². The maximum atomic E-state index is 9.01. The van der Waals surface area contributed by atoms with E-state index in [1.807, 2.05) is 10.9 Å². The molecule has 140 valence electrons. The molecule has 1 N–H and O–H groups in total. The number of ether oxygens (including phenoxy) is 1. The highest BCUT2D eigenvalue weighted by atomic mass is 16.5. The molecule has 0 radical (unpaired) electrons. The molecule has 5 nitrogen and oxygen atoms in total. The zero-order chi connectivity index (χ0) is 18.4. The first-order valence-corrected chi connectivity index (χ1v) is 9.65. The van der Waals surface area contributed by atoms with Gasteiger partial charge in [0.1, 0.15) is 5.69 Å². The van der Waals surface area contributed by atoms with Gasteiger partial charge in [-0.1, -0.05) is 36.9 Å². The summed E-state index contributed by atoms with van der Waals surface area (Å²) in [5, 5.41) is 17.7. The van der Waals surface area contributed by atoms with Gasteiger partial charge in [-0.2, -0.15) is 0 Å². The minimum absolute atomic E-state index is 0.200. The molecule has 0 spiro atoms.